The third-order valence-electron chi connectivity index (χ3n) is 6.61. The van der Waals surface area contributed by atoms with E-state index in [0.29, 0.717) is 0 Å². The van der Waals surface area contributed by atoms with Crippen LogP contribution in [0, 0.1) is 11.8 Å². The number of benzene rings is 1. The van der Waals surface area contributed by atoms with Crippen molar-refractivity contribution in [1.29, 1.82) is 0 Å². The first kappa shape index (κ1) is 35.5. The van der Waals surface area contributed by atoms with E-state index < -0.39 is 65.9 Å². The van der Waals surface area contributed by atoms with E-state index >= 15 is 0 Å². The summed E-state index contributed by atoms with van der Waals surface area (Å²) < 4.78 is 4.77. The Hall–Kier alpha value is -3.51. The molecule has 4 amide bonds. The summed E-state index contributed by atoms with van der Waals surface area (Å²) in [6.45, 7) is 10.1. The summed E-state index contributed by atoms with van der Waals surface area (Å²) in [4.78, 5) is 62.6. The minimum absolute atomic E-state index is 0.00655. The third-order valence-corrected chi connectivity index (χ3v) is 6.61. The Morgan fingerprint density at radius 3 is 1.90 bits per heavy atom. The van der Waals surface area contributed by atoms with E-state index in [1.54, 1.807) is 27.7 Å². The molecular weight excluding hydrogens is 530 g/mol. The largest absolute Gasteiger partial charge is 0.467 e. The normalized spacial score (nSPS) is 15.6. The topological polar surface area (TPSA) is 189 Å². The van der Waals surface area contributed by atoms with E-state index in [-0.39, 0.29) is 31.1 Å². The summed E-state index contributed by atoms with van der Waals surface area (Å²) >= 11 is 0. The minimum Gasteiger partial charge on any atom is -0.467 e. The first-order valence-electron chi connectivity index (χ1n) is 13.9. The van der Waals surface area contributed by atoms with Gasteiger partial charge in [-0.05, 0) is 44.1 Å². The van der Waals surface area contributed by atoms with Gasteiger partial charge in [0.2, 0.25) is 23.6 Å². The number of nitrogens with one attached hydrogen (secondary N) is 4. The van der Waals surface area contributed by atoms with Gasteiger partial charge in [-0.25, -0.2) is 4.79 Å². The lowest BCUT2D eigenvalue weighted by atomic mass is 9.97. The zero-order chi connectivity index (χ0) is 31.3. The van der Waals surface area contributed by atoms with Gasteiger partial charge in [-0.2, -0.15) is 0 Å². The number of esters is 1. The van der Waals surface area contributed by atoms with E-state index in [4.69, 9.17) is 10.5 Å². The van der Waals surface area contributed by atoms with Gasteiger partial charge in [0.25, 0.3) is 0 Å². The zero-order valence-corrected chi connectivity index (χ0v) is 25.1. The molecule has 0 fully saturated rings. The van der Waals surface area contributed by atoms with Crippen molar-refractivity contribution in [2.75, 3.05) is 7.11 Å². The van der Waals surface area contributed by atoms with Crippen molar-refractivity contribution >= 4 is 29.6 Å². The molecule has 6 atom stereocenters. The molecule has 0 saturated heterocycles. The second-order valence-corrected chi connectivity index (χ2v) is 11.0. The van der Waals surface area contributed by atoms with Crippen molar-refractivity contribution < 1.29 is 33.8 Å². The standard InChI is InChI=1S/C29H47N5O7/c1-16(2)24(28(39)34-25(17(3)4)29(40)41-7)33-23(36)14-13-22(35)21(15-20-11-9-8-10-12-20)32-27(38)19(6)31-26(37)18(5)30/h8-12,16-19,21-22,24-25,35H,13-15,30H2,1-7H3,(H,31,37)(H,32,38)(H,33,36)(H,34,39)/t18-,19-,21-,22-,24+,25+/m0/s1. The van der Waals surface area contributed by atoms with Crippen LogP contribution in [-0.2, 0) is 35.1 Å². The molecule has 0 spiro atoms. The average Bonchev–Trinajstić information content (AvgIpc) is 2.92. The van der Waals surface area contributed by atoms with Gasteiger partial charge in [0, 0.05) is 6.42 Å². The van der Waals surface area contributed by atoms with Gasteiger partial charge in [0.05, 0.1) is 25.3 Å². The van der Waals surface area contributed by atoms with Gasteiger partial charge in [-0.15, -0.1) is 0 Å². The van der Waals surface area contributed by atoms with Crippen molar-refractivity contribution in [2.24, 2.45) is 17.6 Å². The maximum atomic E-state index is 12.9. The van der Waals surface area contributed by atoms with Gasteiger partial charge in [-0.3, -0.25) is 19.2 Å². The highest BCUT2D eigenvalue weighted by atomic mass is 16.5. The highest BCUT2D eigenvalue weighted by Gasteiger charge is 2.31. The van der Waals surface area contributed by atoms with Crippen LogP contribution in [0.2, 0.25) is 0 Å². The molecule has 1 aromatic rings. The molecule has 1 aromatic carbocycles. The molecule has 7 N–H and O–H groups in total. The number of methoxy groups -OCH3 is 1. The molecule has 1 rings (SSSR count). The summed E-state index contributed by atoms with van der Waals surface area (Å²) in [5, 5.41) is 21.7. The molecule has 0 aromatic heterocycles. The van der Waals surface area contributed by atoms with Gasteiger partial charge >= 0.3 is 5.97 Å². The smallest absolute Gasteiger partial charge is 0.328 e. The molecule has 0 aliphatic carbocycles. The summed E-state index contributed by atoms with van der Waals surface area (Å²) in [7, 11) is 1.24. The predicted octanol–water partition coefficient (Wildman–Crippen LogP) is 0.162. The number of rotatable bonds is 16. The predicted molar refractivity (Wildman–Crippen MR) is 154 cm³/mol. The number of aliphatic hydroxyl groups excluding tert-OH is 1. The Labute approximate surface area is 242 Å². The Bertz CT molecular complexity index is 1020. The molecule has 0 aliphatic heterocycles. The Kier molecular flexibility index (Phi) is 15.0. The van der Waals surface area contributed by atoms with Crippen molar-refractivity contribution in [3.05, 3.63) is 35.9 Å². The van der Waals surface area contributed by atoms with Crippen molar-refractivity contribution in [1.82, 2.24) is 21.3 Å². The number of aliphatic hydroxyl groups is 1. The minimum atomic E-state index is -1.11. The van der Waals surface area contributed by atoms with Crippen LogP contribution in [0.25, 0.3) is 0 Å². The van der Waals surface area contributed by atoms with Crippen LogP contribution in [0.15, 0.2) is 30.3 Å². The lowest BCUT2D eigenvalue weighted by Gasteiger charge is -2.27. The number of hydrogen-bond donors (Lipinski definition) is 6. The summed E-state index contributed by atoms with van der Waals surface area (Å²) in [6.07, 6.45) is -0.963. The Morgan fingerprint density at radius 1 is 0.805 bits per heavy atom. The number of hydrogen-bond acceptors (Lipinski definition) is 8. The molecule has 12 nitrogen and oxygen atoms in total. The number of amides is 4. The van der Waals surface area contributed by atoms with Gasteiger partial charge < -0.3 is 36.8 Å². The van der Waals surface area contributed by atoms with Crippen molar-refractivity contribution in [3.63, 3.8) is 0 Å². The van der Waals surface area contributed by atoms with Crippen LogP contribution < -0.4 is 27.0 Å². The van der Waals surface area contributed by atoms with Crippen molar-refractivity contribution in [2.45, 2.75) is 97.1 Å². The average molecular weight is 578 g/mol. The van der Waals surface area contributed by atoms with E-state index in [2.05, 4.69) is 21.3 Å². The number of ether oxygens (including phenoxy) is 1. The lowest BCUT2D eigenvalue weighted by Crippen LogP contribution is -2.55. The first-order chi connectivity index (χ1) is 19.2. The Balaban J connectivity index is 2.90. The molecule has 12 heteroatoms. The summed E-state index contributed by atoms with van der Waals surface area (Å²) in [6, 6.07) is 4.99. The van der Waals surface area contributed by atoms with Gasteiger partial charge in [0.1, 0.15) is 18.1 Å². The fourth-order valence-electron chi connectivity index (χ4n) is 4.00. The molecule has 230 valence electrons. The van der Waals surface area contributed by atoms with E-state index in [1.165, 1.54) is 21.0 Å². The highest BCUT2D eigenvalue weighted by molar-refractivity contribution is 5.91. The zero-order valence-electron chi connectivity index (χ0n) is 25.1. The van der Waals surface area contributed by atoms with Crippen LogP contribution in [0.4, 0.5) is 0 Å². The number of nitrogens with two attached hydrogens (primary N) is 1. The maximum Gasteiger partial charge on any atom is 0.328 e. The summed E-state index contributed by atoms with van der Waals surface area (Å²) in [5.41, 5.74) is 6.42. The first-order valence-corrected chi connectivity index (χ1v) is 13.9. The fourth-order valence-corrected chi connectivity index (χ4v) is 4.00. The maximum absolute atomic E-state index is 12.9. The monoisotopic (exact) mass is 577 g/mol. The van der Waals surface area contributed by atoms with E-state index in [9.17, 15) is 29.1 Å². The molecule has 0 aliphatic rings. The third kappa shape index (κ3) is 12.3. The van der Waals surface area contributed by atoms with Crippen LogP contribution in [-0.4, -0.2) is 78.1 Å². The fraction of sp³-hybridized carbons (Fsp3) is 0.621. The summed E-state index contributed by atoms with van der Waals surface area (Å²) in [5.74, 6) is -3.08. The molecule has 41 heavy (non-hydrogen) atoms. The quantitative estimate of drug-likeness (QED) is 0.150. The number of carbonyl (C=O) groups excluding carboxylic acids is 5. The van der Waals surface area contributed by atoms with Crippen LogP contribution in [0.1, 0.15) is 59.9 Å². The molecule has 0 unspecified atom stereocenters. The van der Waals surface area contributed by atoms with Crippen LogP contribution in [0.3, 0.4) is 0 Å². The van der Waals surface area contributed by atoms with E-state index in [1.807, 2.05) is 30.3 Å². The molecular formula is C29H47N5O7. The van der Waals surface area contributed by atoms with Gasteiger partial charge in [0.15, 0.2) is 0 Å². The highest BCUT2D eigenvalue weighted by Crippen LogP contribution is 2.12. The second-order valence-electron chi connectivity index (χ2n) is 11.0. The van der Waals surface area contributed by atoms with E-state index in [0.717, 1.165) is 5.56 Å². The molecule has 0 bridgehead atoms. The lowest BCUT2D eigenvalue weighted by molar-refractivity contribution is -0.146. The molecule has 0 heterocycles. The van der Waals surface area contributed by atoms with Crippen LogP contribution >= 0.6 is 0 Å². The van der Waals surface area contributed by atoms with Crippen LogP contribution in [0.5, 0.6) is 0 Å². The van der Waals surface area contributed by atoms with Gasteiger partial charge in [-0.1, -0.05) is 58.0 Å². The molecule has 0 saturated carbocycles. The van der Waals surface area contributed by atoms with Crippen molar-refractivity contribution in [3.8, 4) is 0 Å². The Morgan fingerprint density at radius 2 is 1.39 bits per heavy atom. The number of carbonyl (C=O) groups is 5. The SMILES string of the molecule is COC(=O)[C@H](NC(=O)[C@H](NC(=O)CC[C@H](O)[C@H](Cc1ccccc1)NC(=O)[C@H](C)NC(=O)[C@H](C)N)C(C)C)C(C)C. The molecule has 0 radical (unpaired) electrons. The second kappa shape index (κ2) is 17.3.